The lowest BCUT2D eigenvalue weighted by molar-refractivity contribution is 0.570. The third-order valence-corrected chi connectivity index (χ3v) is 6.08. The van der Waals surface area contributed by atoms with Gasteiger partial charge in [0.1, 0.15) is 11.5 Å². The van der Waals surface area contributed by atoms with Crippen LogP contribution in [0, 0.1) is 13.8 Å². The number of hydrogen-bond donors (Lipinski definition) is 2. The first-order valence-corrected chi connectivity index (χ1v) is 10.2. The van der Waals surface area contributed by atoms with E-state index in [-0.39, 0.29) is 5.41 Å². The molecule has 3 aromatic heterocycles. The number of nitrogens with one attached hydrogen (secondary N) is 1. The monoisotopic (exact) mass is 411 g/mol. The summed E-state index contributed by atoms with van der Waals surface area (Å²) in [7, 11) is 0. The first kappa shape index (κ1) is 18.9. The molecule has 4 rings (SSSR count). The molecule has 144 valence electrons. The second kappa shape index (κ2) is 6.57. The Kier molecular flexibility index (Phi) is 4.43. The van der Waals surface area contributed by atoms with Crippen LogP contribution >= 0.6 is 22.9 Å². The van der Waals surface area contributed by atoms with Crippen LogP contribution in [-0.4, -0.2) is 19.9 Å². The SMILES string of the molecule is Cc1ccc(-c2nc(N)c(C(C)(C)C)nc2-c2cc(Cl)c3[nH]cnc3c2C)s1. The molecule has 0 amide bonds. The number of thiophene rings is 1. The van der Waals surface area contributed by atoms with E-state index >= 15 is 0 Å². The molecule has 4 aromatic rings. The predicted octanol–water partition coefficient (Wildman–Crippen LogP) is 5.90. The summed E-state index contributed by atoms with van der Waals surface area (Å²) in [4.78, 5) is 19.6. The van der Waals surface area contributed by atoms with Crippen LogP contribution in [0.15, 0.2) is 24.5 Å². The molecule has 3 N–H and O–H groups in total. The van der Waals surface area contributed by atoms with Gasteiger partial charge in [-0.3, -0.25) is 0 Å². The summed E-state index contributed by atoms with van der Waals surface area (Å²) < 4.78 is 0. The number of nitrogens with two attached hydrogens (primary N) is 1. The highest BCUT2D eigenvalue weighted by atomic mass is 35.5. The number of fused-ring (bicyclic) bond motifs is 1. The molecule has 0 saturated heterocycles. The third kappa shape index (κ3) is 3.06. The van der Waals surface area contributed by atoms with Gasteiger partial charge in [-0.25, -0.2) is 15.0 Å². The van der Waals surface area contributed by atoms with Crippen molar-refractivity contribution >= 4 is 39.8 Å². The Bertz CT molecular complexity index is 1200. The van der Waals surface area contributed by atoms with Gasteiger partial charge in [0.2, 0.25) is 0 Å². The van der Waals surface area contributed by atoms with E-state index in [2.05, 4.69) is 49.8 Å². The number of nitrogen functional groups attached to an aromatic ring is 1. The zero-order valence-corrected chi connectivity index (χ0v) is 18.1. The Balaban J connectivity index is 2.08. The minimum absolute atomic E-state index is 0.232. The minimum Gasteiger partial charge on any atom is -0.382 e. The number of rotatable bonds is 2. The van der Waals surface area contributed by atoms with Crippen LogP contribution in [0.25, 0.3) is 32.9 Å². The van der Waals surface area contributed by atoms with Crippen molar-refractivity contribution in [2.75, 3.05) is 5.73 Å². The van der Waals surface area contributed by atoms with Gasteiger partial charge in [-0.2, -0.15) is 0 Å². The van der Waals surface area contributed by atoms with Crippen LogP contribution < -0.4 is 5.73 Å². The molecule has 0 aliphatic rings. The van der Waals surface area contributed by atoms with Gasteiger partial charge >= 0.3 is 0 Å². The van der Waals surface area contributed by atoms with Crippen molar-refractivity contribution in [2.24, 2.45) is 0 Å². The highest BCUT2D eigenvalue weighted by Crippen LogP contribution is 2.40. The molecule has 0 aliphatic carbocycles. The van der Waals surface area contributed by atoms with Crippen LogP contribution in [0.5, 0.6) is 0 Å². The summed E-state index contributed by atoms with van der Waals surface area (Å²) in [5.41, 5.74) is 12.0. The van der Waals surface area contributed by atoms with Crippen molar-refractivity contribution in [1.82, 2.24) is 19.9 Å². The fraction of sp³-hybridized carbons (Fsp3) is 0.286. The van der Waals surface area contributed by atoms with E-state index in [1.807, 2.05) is 13.0 Å². The van der Waals surface area contributed by atoms with Crippen molar-refractivity contribution in [3.8, 4) is 21.8 Å². The van der Waals surface area contributed by atoms with Crippen LogP contribution in [0.2, 0.25) is 5.02 Å². The maximum atomic E-state index is 6.55. The Labute approximate surface area is 173 Å². The maximum Gasteiger partial charge on any atom is 0.146 e. The van der Waals surface area contributed by atoms with Crippen molar-refractivity contribution in [3.63, 3.8) is 0 Å². The quantitative estimate of drug-likeness (QED) is 0.430. The fourth-order valence-corrected chi connectivity index (χ4v) is 4.47. The maximum absolute atomic E-state index is 6.55. The molecular weight excluding hydrogens is 390 g/mol. The second-order valence-electron chi connectivity index (χ2n) is 7.97. The van der Waals surface area contributed by atoms with Crippen LogP contribution in [0.3, 0.4) is 0 Å². The molecule has 0 unspecified atom stereocenters. The van der Waals surface area contributed by atoms with Gasteiger partial charge in [-0.1, -0.05) is 32.4 Å². The van der Waals surface area contributed by atoms with E-state index in [0.29, 0.717) is 10.8 Å². The summed E-state index contributed by atoms with van der Waals surface area (Å²) in [6, 6.07) is 6.08. The number of imidazole rings is 1. The summed E-state index contributed by atoms with van der Waals surface area (Å²) >= 11 is 8.22. The Morgan fingerprint density at radius 1 is 1.11 bits per heavy atom. The van der Waals surface area contributed by atoms with Gasteiger partial charge in [-0.15, -0.1) is 11.3 Å². The highest BCUT2D eigenvalue weighted by molar-refractivity contribution is 7.15. The molecule has 0 atom stereocenters. The Morgan fingerprint density at radius 3 is 2.50 bits per heavy atom. The van der Waals surface area contributed by atoms with E-state index in [0.717, 1.165) is 44.1 Å². The van der Waals surface area contributed by atoms with Gasteiger partial charge in [0.25, 0.3) is 0 Å². The number of aromatic nitrogens is 4. The molecule has 28 heavy (non-hydrogen) atoms. The average Bonchev–Trinajstić information content (AvgIpc) is 3.26. The molecule has 1 aromatic carbocycles. The van der Waals surface area contributed by atoms with E-state index in [4.69, 9.17) is 27.3 Å². The topological polar surface area (TPSA) is 80.5 Å². The largest absolute Gasteiger partial charge is 0.382 e. The molecule has 0 fully saturated rings. The molecule has 0 aliphatic heterocycles. The zero-order chi connectivity index (χ0) is 20.2. The first-order chi connectivity index (χ1) is 13.2. The fourth-order valence-electron chi connectivity index (χ4n) is 3.36. The molecule has 0 spiro atoms. The number of hydrogen-bond acceptors (Lipinski definition) is 5. The third-order valence-electron chi connectivity index (χ3n) is 4.77. The standard InChI is InChI=1S/C21H22ClN5S/c1-10-6-7-14(28-10)18-16(26-19(20(23)27-18)21(3,4)5)12-8-13(22)17-15(11(12)2)24-9-25-17/h6-9H,1-5H3,(H2,23,27)(H,24,25). The smallest absolute Gasteiger partial charge is 0.146 e. The van der Waals surface area contributed by atoms with Crippen molar-refractivity contribution < 1.29 is 0 Å². The van der Waals surface area contributed by atoms with Gasteiger partial charge in [-0.05, 0) is 37.6 Å². The summed E-state index contributed by atoms with van der Waals surface area (Å²) in [6.45, 7) is 10.4. The number of nitrogens with zero attached hydrogens (tertiary/aromatic N) is 3. The number of anilines is 1. The van der Waals surface area contributed by atoms with E-state index in [1.54, 1.807) is 17.7 Å². The number of H-pyrrole nitrogens is 1. The lowest BCUT2D eigenvalue weighted by Gasteiger charge is -2.22. The molecule has 0 saturated carbocycles. The normalized spacial score (nSPS) is 12.1. The second-order valence-corrected chi connectivity index (χ2v) is 9.67. The average molecular weight is 412 g/mol. The van der Waals surface area contributed by atoms with Gasteiger partial charge in [0.15, 0.2) is 0 Å². The van der Waals surface area contributed by atoms with Gasteiger partial charge in [0.05, 0.1) is 38.6 Å². The molecule has 0 radical (unpaired) electrons. The molecule has 5 nitrogen and oxygen atoms in total. The van der Waals surface area contributed by atoms with Crippen molar-refractivity contribution in [3.05, 3.63) is 45.7 Å². The van der Waals surface area contributed by atoms with E-state index in [9.17, 15) is 0 Å². The molecule has 3 heterocycles. The first-order valence-electron chi connectivity index (χ1n) is 9.04. The molecule has 0 bridgehead atoms. The summed E-state index contributed by atoms with van der Waals surface area (Å²) in [6.07, 6.45) is 1.66. The number of aryl methyl sites for hydroxylation is 2. The highest BCUT2D eigenvalue weighted by Gasteiger charge is 2.25. The zero-order valence-electron chi connectivity index (χ0n) is 16.5. The van der Waals surface area contributed by atoms with Crippen LogP contribution in [0.1, 0.15) is 36.9 Å². The molecule has 7 heteroatoms. The van der Waals surface area contributed by atoms with Gasteiger partial charge < -0.3 is 10.7 Å². The van der Waals surface area contributed by atoms with Crippen LogP contribution in [-0.2, 0) is 5.41 Å². The Morgan fingerprint density at radius 2 is 1.86 bits per heavy atom. The summed E-state index contributed by atoms with van der Waals surface area (Å²) in [5.74, 6) is 0.460. The van der Waals surface area contributed by atoms with Crippen molar-refractivity contribution in [2.45, 2.75) is 40.0 Å². The van der Waals surface area contributed by atoms with Crippen molar-refractivity contribution in [1.29, 1.82) is 0 Å². The minimum atomic E-state index is -0.232. The number of benzene rings is 1. The molecular formula is C21H22ClN5S. The lowest BCUT2D eigenvalue weighted by atomic mass is 9.91. The lowest BCUT2D eigenvalue weighted by Crippen LogP contribution is -2.18. The van der Waals surface area contributed by atoms with Crippen LogP contribution in [0.4, 0.5) is 5.82 Å². The Hall–Kier alpha value is -2.44. The van der Waals surface area contributed by atoms with E-state index in [1.165, 1.54) is 4.88 Å². The predicted molar refractivity (Wildman–Crippen MR) is 118 cm³/mol. The summed E-state index contributed by atoms with van der Waals surface area (Å²) in [5, 5.41) is 0.609. The number of aromatic amines is 1. The van der Waals surface area contributed by atoms with E-state index < -0.39 is 0 Å². The number of halogens is 1. The van der Waals surface area contributed by atoms with Gasteiger partial charge in [0, 0.05) is 15.9 Å².